The first-order valence-electron chi connectivity index (χ1n) is 6.78. The minimum absolute atomic E-state index is 0.280. The van der Waals surface area contributed by atoms with Crippen molar-refractivity contribution < 1.29 is 9.29 Å². The normalized spacial score (nSPS) is 12.5. The van der Waals surface area contributed by atoms with Gasteiger partial charge in [0.25, 0.3) is 0 Å². The average molecular weight is 316 g/mol. The maximum absolute atomic E-state index is 12.5. The molecule has 0 fully saturated rings. The highest BCUT2D eigenvalue weighted by atomic mass is 32.2. The van der Waals surface area contributed by atoms with Gasteiger partial charge >= 0.3 is 5.16 Å². The summed E-state index contributed by atoms with van der Waals surface area (Å²) >= 11 is -1.32. The van der Waals surface area contributed by atoms with E-state index in [1.54, 1.807) is 19.5 Å². The summed E-state index contributed by atoms with van der Waals surface area (Å²) in [4.78, 5) is 15.8. The molecule has 0 amide bonds. The Kier molecular flexibility index (Phi) is 4.00. The fourth-order valence-electron chi connectivity index (χ4n) is 2.34. The molecule has 7 heteroatoms. The molecule has 22 heavy (non-hydrogen) atoms. The quantitative estimate of drug-likeness (QED) is 0.746. The number of nitrogens with zero attached hydrogens (tertiary/aromatic N) is 3. The van der Waals surface area contributed by atoms with Crippen LogP contribution >= 0.6 is 0 Å². The number of pyridine rings is 2. The first kappa shape index (κ1) is 14.8. The highest BCUT2D eigenvalue weighted by Crippen LogP contribution is 2.26. The summed E-state index contributed by atoms with van der Waals surface area (Å²) in [6.45, 7) is 3.86. The SMILES string of the molecule is COc1c(C)cnc(C[S+]([O-])c2nc3ncccc3[nH]2)c1C. The van der Waals surface area contributed by atoms with Gasteiger partial charge in [0.05, 0.1) is 18.3 Å². The van der Waals surface area contributed by atoms with Crippen LogP contribution in [0.25, 0.3) is 11.2 Å². The van der Waals surface area contributed by atoms with Gasteiger partial charge in [0.1, 0.15) is 5.75 Å². The van der Waals surface area contributed by atoms with Crippen LogP contribution in [-0.4, -0.2) is 31.6 Å². The third-order valence-corrected chi connectivity index (χ3v) is 4.63. The monoisotopic (exact) mass is 316 g/mol. The largest absolute Gasteiger partial charge is 0.609 e. The van der Waals surface area contributed by atoms with Crippen LogP contribution in [0.3, 0.4) is 0 Å². The molecule has 1 unspecified atom stereocenters. The van der Waals surface area contributed by atoms with E-state index in [-0.39, 0.29) is 5.75 Å². The number of aromatic amines is 1. The summed E-state index contributed by atoms with van der Waals surface area (Å²) in [7, 11) is 1.63. The molecule has 0 spiro atoms. The average Bonchev–Trinajstić information content (AvgIpc) is 2.95. The molecular formula is C15H16N4O2S. The molecule has 3 aromatic rings. The molecule has 3 aromatic heterocycles. The van der Waals surface area contributed by atoms with Crippen LogP contribution in [-0.2, 0) is 16.9 Å². The van der Waals surface area contributed by atoms with Crippen molar-refractivity contribution in [3.8, 4) is 5.75 Å². The number of aryl methyl sites for hydroxylation is 1. The third kappa shape index (κ3) is 2.65. The van der Waals surface area contributed by atoms with Crippen LogP contribution in [0.1, 0.15) is 16.8 Å². The lowest BCUT2D eigenvalue weighted by molar-refractivity contribution is 0.407. The number of rotatable bonds is 4. The zero-order valence-corrected chi connectivity index (χ0v) is 13.4. The van der Waals surface area contributed by atoms with Gasteiger partial charge in [-0.15, -0.1) is 0 Å². The summed E-state index contributed by atoms with van der Waals surface area (Å²) in [6, 6.07) is 3.66. The van der Waals surface area contributed by atoms with Crippen molar-refractivity contribution in [1.82, 2.24) is 19.9 Å². The van der Waals surface area contributed by atoms with Crippen LogP contribution in [0.2, 0.25) is 0 Å². The molecule has 114 valence electrons. The molecule has 3 rings (SSSR count). The van der Waals surface area contributed by atoms with E-state index >= 15 is 0 Å². The fraction of sp³-hybridized carbons (Fsp3) is 0.267. The van der Waals surface area contributed by atoms with Gasteiger partial charge < -0.3 is 9.29 Å². The predicted molar refractivity (Wildman–Crippen MR) is 84.3 cm³/mol. The zero-order chi connectivity index (χ0) is 15.7. The van der Waals surface area contributed by atoms with Crippen LogP contribution in [0.15, 0.2) is 29.7 Å². The van der Waals surface area contributed by atoms with E-state index in [9.17, 15) is 4.55 Å². The first-order valence-corrected chi connectivity index (χ1v) is 8.10. The Morgan fingerprint density at radius 1 is 1.32 bits per heavy atom. The molecule has 6 nitrogen and oxygen atoms in total. The number of nitrogens with one attached hydrogen (secondary N) is 1. The number of hydrogen-bond donors (Lipinski definition) is 1. The van der Waals surface area contributed by atoms with E-state index in [0.717, 1.165) is 28.1 Å². The minimum atomic E-state index is -1.32. The molecule has 0 aliphatic carbocycles. The van der Waals surface area contributed by atoms with E-state index in [1.807, 2.05) is 26.0 Å². The van der Waals surface area contributed by atoms with Crippen LogP contribution in [0, 0.1) is 13.8 Å². The van der Waals surface area contributed by atoms with Crippen LogP contribution < -0.4 is 4.74 Å². The Balaban J connectivity index is 1.89. The topological polar surface area (TPSA) is 86.8 Å². The zero-order valence-electron chi connectivity index (χ0n) is 12.6. The second-order valence-electron chi connectivity index (χ2n) is 4.95. The molecule has 0 aliphatic rings. The Morgan fingerprint density at radius 2 is 2.14 bits per heavy atom. The number of fused-ring (bicyclic) bond motifs is 1. The summed E-state index contributed by atoms with van der Waals surface area (Å²) in [6.07, 6.45) is 3.39. The molecule has 1 atom stereocenters. The Labute approximate surface area is 131 Å². The van der Waals surface area contributed by atoms with E-state index in [1.165, 1.54) is 0 Å². The van der Waals surface area contributed by atoms with Crippen molar-refractivity contribution in [1.29, 1.82) is 0 Å². The van der Waals surface area contributed by atoms with Crippen molar-refractivity contribution in [2.75, 3.05) is 7.11 Å². The Bertz CT molecular complexity index is 785. The van der Waals surface area contributed by atoms with E-state index in [0.29, 0.717) is 10.8 Å². The molecule has 0 saturated heterocycles. The van der Waals surface area contributed by atoms with E-state index < -0.39 is 11.2 Å². The lowest BCUT2D eigenvalue weighted by Gasteiger charge is -2.13. The number of ether oxygens (including phenoxy) is 1. The highest BCUT2D eigenvalue weighted by Gasteiger charge is 2.21. The van der Waals surface area contributed by atoms with Gasteiger partial charge in [0.15, 0.2) is 11.4 Å². The lowest BCUT2D eigenvalue weighted by Crippen LogP contribution is -2.10. The van der Waals surface area contributed by atoms with Crippen molar-refractivity contribution in [2.24, 2.45) is 0 Å². The Morgan fingerprint density at radius 3 is 2.86 bits per heavy atom. The molecule has 1 N–H and O–H groups in total. The molecule has 3 heterocycles. The van der Waals surface area contributed by atoms with Gasteiger partial charge in [0.2, 0.25) is 0 Å². The van der Waals surface area contributed by atoms with Gasteiger partial charge in [-0.2, -0.15) is 4.98 Å². The number of methoxy groups -OCH3 is 1. The summed E-state index contributed by atoms with van der Waals surface area (Å²) < 4.78 is 17.9. The maximum Gasteiger partial charge on any atom is 0.323 e. The third-order valence-electron chi connectivity index (χ3n) is 3.47. The maximum atomic E-state index is 12.5. The standard InChI is InChI=1S/C15H16N4O2S/c1-9-7-17-12(10(2)13(9)21-3)8-22(20)15-18-11-5-4-6-16-14(11)19-15/h4-7H,8H2,1-3H3,(H,16,18,19). The summed E-state index contributed by atoms with van der Waals surface area (Å²) in [5.41, 5.74) is 3.95. The first-order chi connectivity index (χ1) is 10.6. The second kappa shape index (κ2) is 5.94. The predicted octanol–water partition coefficient (Wildman–Crippen LogP) is 2.29. The van der Waals surface area contributed by atoms with Gasteiger partial charge in [-0.25, -0.2) is 4.98 Å². The molecule has 0 bridgehead atoms. The smallest absolute Gasteiger partial charge is 0.323 e. The van der Waals surface area contributed by atoms with Crippen LogP contribution in [0.5, 0.6) is 5.75 Å². The number of imidazole rings is 1. The van der Waals surface area contributed by atoms with Crippen molar-refractivity contribution in [2.45, 2.75) is 24.8 Å². The second-order valence-corrected chi connectivity index (χ2v) is 6.32. The Hall–Kier alpha value is -2.12. The lowest BCUT2D eigenvalue weighted by atomic mass is 10.1. The van der Waals surface area contributed by atoms with Crippen molar-refractivity contribution in [3.63, 3.8) is 0 Å². The number of H-pyrrole nitrogens is 1. The summed E-state index contributed by atoms with van der Waals surface area (Å²) in [5.74, 6) is 1.07. The van der Waals surface area contributed by atoms with Gasteiger partial charge in [0, 0.05) is 34.7 Å². The van der Waals surface area contributed by atoms with E-state index in [4.69, 9.17) is 4.74 Å². The van der Waals surface area contributed by atoms with Crippen LogP contribution in [0.4, 0.5) is 0 Å². The molecular weight excluding hydrogens is 300 g/mol. The molecule has 0 saturated carbocycles. The van der Waals surface area contributed by atoms with Crippen molar-refractivity contribution in [3.05, 3.63) is 41.3 Å². The highest BCUT2D eigenvalue weighted by molar-refractivity contribution is 7.90. The van der Waals surface area contributed by atoms with Gasteiger partial charge in [-0.3, -0.25) is 9.97 Å². The molecule has 0 aliphatic heterocycles. The van der Waals surface area contributed by atoms with Crippen molar-refractivity contribution >= 4 is 22.3 Å². The summed E-state index contributed by atoms with van der Waals surface area (Å²) in [5, 5.41) is 0.412. The van der Waals surface area contributed by atoms with Gasteiger partial charge in [-0.1, -0.05) is 0 Å². The van der Waals surface area contributed by atoms with Gasteiger partial charge in [-0.05, 0) is 26.0 Å². The minimum Gasteiger partial charge on any atom is -0.609 e. The molecule has 0 aromatic carbocycles. The number of hydrogen-bond acceptors (Lipinski definition) is 5. The van der Waals surface area contributed by atoms with E-state index in [2.05, 4.69) is 19.9 Å². The molecule has 0 radical (unpaired) electrons. The fourth-order valence-corrected chi connectivity index (χ4v) is 3.43. The number of aromatic nitrogens is 4.